The van der Waals surface area contributed by atoms with Crippen LogP contribution in [0.2, 0.25) is 0 Å². The molecule has 1 atom stereocenters. The lowest BCUT2D eigenvalue weighted by atomic mass is 9.97. The van der Waals surface area contributed by atoms with Gasteiger partial charge in [0.15, 0.2) is 0 Å². The third kappa shape index (κ3) is 3.27. The SMILES string of the molecule is c1ccc(CNN2CCCCC2c2ccccc2)cc1. The molecule has 1 aliphatic rings. The molecule has 1 fully saturated rings. The van der Waals surface area contributed by atoms with Gasteiger partial charge in [0.05, 0.1) is 0 Å². The Morgan fingerprint density at radius 2 is 1.60 bits per heavy atom. The van der Waals surface area contributed by atoms with Crippen molar-refractivity contribution in [1.29, 1.82) is 0 Å². The molecule has 0 saturated carbocycles. The van der Waals surface area contributed by atoms with E-state index in [9.17, 15) is 0 Å². The van der Waals surface area contributed by atoms with Crippen molar-refractivity contribution in [3.05, 3.63) is 71.8 Å². The molecule has 20 heavy (non-hydrogen) atoms. The van der Waals surface area contributed by atoms with Crippen LogP contribution < -0.4 is 5.43 Å². The van der Waals surface area contributed by atoms with Crippen molar-refractivity contribution < 1.29 is 0 Å². The summed E-state index contributed by atoms with van der Waals surface area (Å²) in [5.41, 5.74) is 6.38. The van der Waals surface area contributed by atoms with Crippen LogP contribution in [-0.2, 0) is 6.54 Å². The molecule has 0 amide bonds. The smallest absolute Gasteiger partial charge is 0.0493 e. The molecule has 1 aliphatic heterocycles. The van der Waals surface area contributed by atoms with E-state index in [1.54, 1.807) is 0 Å². The van der Waals surface area contributed by atoms with Crippen LogP contribution in [0.4, 0.5) is 0 Å². The maximum Gasteiger partial charge on any atom is 0.0493 e. The highest BCUT2D eigenvalue weighted by Gasteiger charge is 2.23. The summed E-state index contributed by atoms with van der Waals surface area (Å²) in [5, 5.41) is 2.42. The maximum absolute atomic E-state index is 3.62. The summed E-state index contributed by atoms with van der Waals surface area (Å²) in [6, 6.07) is 22.0. The average molecular weight is 266 g/mol. The summed E-state index contributed by atoms with van der Waals surface area (Å²) >= 11 is 0. The molecule has 2 heteroatoms. The van der Waals surface area contributed by atoms with E-state index in [0.29, 0.717) is 6.04 Å². The molecule has 0 aliphatic carbocycles. The van der Waals surface area contributed by atoms with Crippen LogP contribution in [0.5, 0.6) is 0 Å². The van der Waals surface area contributed by atoms with Gasteiger partial charge in [-0.2, -0.15) is 0 Å². The highest BCUT2D eigenvalue weighted by Crippen LogP contribution is 2.29. The molecular weight excluding hydrogens is 244 g/mol. The lowest BCUT2D eigenvalue weighted by Crippen LogP contribution is -2.43. The van der Waals surface area contributed by atoms with E-state index >= 15 is 0 Å². The summed E-state index contributed by atoms with van der Waals surface area (Å²) < 4.78 is 0. The van der Waals surface area contributed by atoms with E-state index in [1.165, 1.54) is 30.4 Å². The molecule has 1 N–H and O–H groups in total. The minimum absolute atomic E-state index is 0.508. The number of benzene rings is 2. The number of nitrogens with zero attached hydrogens (tertiary/aromatic N) is 1. The minimum Gasteiger partial charge on any atom is -0.250 e. The molecule has 0 spiro atoms. The second kappa shape index (κ2) is 6.69. The van der Waals surface area contributed by atoms with Gasteiger partial charge in [-0.05, 0) is 24.0 Å². The quantitative estimate of drug-likeness (QED) is 0.902. The highest BCUT2D eigenvalue weighted by molar-refractivity contribution is 5.19. The summed E-state index contributed by atoms with van der Waals surface area (Å²) in [6.45, 7) is 2.04. The Balaban J connectivity index is 1.67. The van der Waals surface area contributed by atoms with Gasteiger partial charge < -0.3 is 0 Å². The molecular formula is C18H22N2. The molecule has 1 unspecified atom stereocenters. The molecule has 1 saturated heterocycles. The molecule has 2 aromatic carbocycles. The Morgan fingerprint density at radius 3 is 2.35 bits per heavy atom. The van der Waals surface area contributed by atoms with Gasteiger partial charge in [-0.1, -0.05) is 67.1 Å². The molecule has 0 bridgehead atoms. The maximum atomic E-state index is 3.62. The zero-order chi connectivity index (χ0) is 13.6. The zero-order valence-corrected chi connectivity index (χ0v) is 11.8. The first-order chi connectivity index (χ1) is 9.93. The first-order valence-electron chi connectivity index (χ1n) is 7.52. The molecule has 2 nitrogen and oxygen atoms in total. The largest absolute Gasteiger partial charge is 0.250 e. The van der Waals surface area contributed by atoms with Crippen LogP contribution in [0.25, 0.3) is 0 Å². The molecule has 0 radical (unpaired) electrons. The Labute approximate surface area is 121 Å². The fourth-order valence-corrected chi connectivity index (χ4v) is 2.93. The molecule has 1 heterocycles. The topological polar surface area (TPSA) is 15.3 Å². The first-order valence-corrected chi connectivity index (χ1v) is 7.52. The average Bonchev–Trinajstić information content (AvgIpc) is 2.55. The van der Waals surface area contributed by atoms with Gasteiger partial charge in [0, 0.05) is 19.1 Å². The van der Waals surface area contributed by atoms with E-state index in [0.717, 1.165) is 13.1 Å². The number of hydrazine groups is 1. The van der Waals surface area contributed by atoms with Crippen molar-refractivity contribution in [1.82, 2.24) is 10.4 Å². The van der Waals surface area contributed by atoms with Gasteiger partial charge in [-0.15, -0.1) is 0 Å². The number of hydrogen-bond acceptors (Lipinski definition) is 2. The summed E-state index contributed by atoms with van der Waals surface area (Å²) in [7, 11) is 0. The van der Waals surface area contributed by atoms with Gasteiger partial charge in [0.25, 0.3) is 0 Å². The Kier molecular flexibility index (Phi) is 4.46. The normalized spacial score (nSPS) is 19.9. The van der Waals surface area contributed by atoms with E-state index in [-0.39, 0.29) is 0 Å². The van der Waals surface area contributed by atoms with Crippen molar-refractivity contribution in [2.75, 3.05) is 6.54 Å². The minimum atomic E-state index is 0.508. The van der Waals surface area contributed by atoms with Crippen molar-refractivity contribution in [3.8, 4) is 0 Å². The summed E-state index contributed by atoms with van der Waals surface area (Å²) in [4.78, 5) is 0. The second-order valence-corrected chi connectivity index (χ2v) is 5.44. The van der Waals surface area contributed by atoms with Crippen LogP contribution in [0, 0.1) is 0 Å². The van der Waals surface area contributed by atoms with Gasteiger partial charge >= 0.3 is 0 Å². The van der Waals surface area contributed by atoms with Crippen molar-refractivity contribution >= 4 is 0 Å². The van der Waals surface area contributed by atoms with Crippen LogP contribution in [0.1, 0.15) is 36.4 Å². The van der Waals surface area contributed by atoms with Crippen LogP contribution in [-0.4, -0.2) is 11.6 Å². The summed E-state index contributed by atoms with van der Waals surface area (Å²) in [5.74, 6) is 0. The monoisotopic (exact) mass is 266 g/mol. The third-order valence-electron chi connectivity index (χ3n) is 4.02. The van der Waals surface area contributed by atoms with Crippen LogP contribution in [0.15, 0.2) is 60.7 Å². The number of hydrogen-bond donors (Lipinski definition) is 1. The third-order valence-corrected chi connectivity index (χ3v) is 4.02. The Bertz CT molecular complexity index is 509. The predicted octanol–water partition coefficient (Wildman–Crippen LogP) is 3.92. The number of nitrogens with one attached hydrogen (secondary N) is 1. The molecule has 2 aromatic rings. The second-order valence-electron chi connectivity index (χ2n) is 5.44. The zero-order valence-electron chi connectivity index (χ0n) is 11.8. The first kappa shape index (κ1) is 13.3. The van der Waals surface area contributed by atoms with Crippen LogP contribution in [0.3, 0.4) is 0 Å². The fraction of sp³-hybridized carbons (Fsp3) is 0.333. The van der Waals surface area contributed by atoms with Crippen molar-refractivity contribution in [2.24, 2.45) is 0 Å². The van der Waals surface area contributed by atoms with Gasteiger partial charge in [0.1, 0.15) is 0 Å². The van der Waals surface area contributed by atoms with Crippen molar-refractivity contribution in [3.63, 3.8) is 0 Å². The van der Waals surface area contributed by atoms with Gasteiger partial charge in [-0.3, -0.25) is 5.43 Å². The van der Waals surface area contributed by atoms with E-state index in [1.807, 2.05) is 0 Å². The number of rotatable bonds is 4. The Hall–Kier alpha value is -1.64. The number of piperidine rings is 1. The predicted molar refractivity (Wildman–Crippen MR) is 83.0 cm³/mol. The van der Waals surface area contributed by atoms with Crippen LogP contribution >= 0.6 is 0 Å². The standard InChI is InChI=1S/C18H22N2/c1-3-9-16(10-4-1)15-19-20-14-8-7-13-18(20)17-11-5-2-6-12-17/h1-6,9-12,18-19H,7-8,13-15H2. The molecule has 104 valence electrons. The lowest BCUT2D eigenvalue weighted by molar-refractivity contribution is 0.0825. The van der Waals surface area contributed by atoms with Gasteiger partial charge in [0.2, 0.25) is 0 Å². The lowest BCUT2D eigenvalue weighted by Gasteiger charge is -2.36. The molecule has 0 aromatic heterocycles. The Morgan fingerprint density at radius 1 is 0.900 bits per heavy atom. The van der Waals surface area contributed by atoms with Crippen molar-refractivity contribution in [2.45, 2.75) is 31.8 Å². The van der Waals surface area contributed by atoms with Gasteiger partial charge in [-0.25, -0.2) is 5.01 Å². The van der Waals surface area contributed by atoms with E-state index in [2.05, 4.69) is 71.1 Å². The van der Waals surface area contributed by atoms with E-state index in [4.69, 9.17) is 0 Å². The molecule has 3 rings (SSSR count). The summed E-state index contributed by atoms with van der Waals surface area (Å²) in [6.07, 6.45) is 3.85. The highest BCUT2D eigenvalue weighted by atomic mass is 15.5. The fourth-order valence-electron chi connectivity index (χ4n) is 2.93. The van der Waals surface area contributed by atoms with E-state index < -0.39 is 0 Å².